The monoisotopic (exact) mass is 339 g/mol. The lowest BCUT2D eigenvalue weighted by Crippen LogP contribution is -2.43. The van der Waals surface area contributed by atoms with Crippen LogP contribution in [0, 0.1) is 0 Å². The van der Waals surface area contributed by atoms with Crippen molar-refractivity contribution in [1.29, 1.82) is 0 Å². The summed E-state index contributed by atoms with van der Waals surface area (Å²) in [5.41, 5.74) is -2.95. The Kier molecular flexibility index (Phi) is 4.42. The van der Waals surface area contributed by atoms with Crippen LogP contribution >= 0.6 is 0 Å². The standard InChI is InChI=1S/C16H14F3NO4/c1-7-11(14(21)22)8(2)20-13(12(7)15(23)24)9-5-3-4-6-10(9)16(17,18)19/h3-6,8,20H,1-2H3,(H,21,22)(H,23,24)/p-2. The first-order valence-electron chi connectivity index (χ1n) is 6.87. The topological polar surface area (TPSA) is 92.3 Å². The largest absolute Gasteiger partial charge is 0.545 e. The number of hydrogen-bond donors (Lipinski definition) is 1. The molecule has 2 rings (SSSR count). The van der Waals surface area contributed by atoms with Crippen LogP contribution in [-0.4, -0.2) is 18.0 Å². The maximum absolute atomic E-state index is 13.2. The molecule has 0 radical (unpaired) electrons. The summed E-state index contributed by atoms with van der Waals surface area (Å²) in [4.78, 5) is 22.6. The zero-order valence-electron chi connectivity index (χ0n) is 12.7. The van der Waals surface area contributed by atoms with Crippen LogP contribution < -0.4 is 15.5 Å². The summed E-state index contributed by atoms with van der Waals surface area (Å²) in [6.07, 6.45) is -4.71. The molecule has 1 atom stereocenters. The molecule has 0 fully saturated rings. The first-order chi connectivity index (χ1) is 11.1. The number of nitrogens with one attached hydrogen (secondary N) is 1. The van der Waals surface area contributed by atoms with Gasteiger partial charge in [0.05, 0.1) is 29.2 Å². The molecule has 1 heterocycles. The van der Waals surface area contributed by atoms with Crippen molar-refractivity contribution < 1.29 is 33.0 Å². The van der Waals surface area contributed by atoms with E-state index >= 15 is 0 Å². The lowest BCUT2D eigenvalue weighted by atomic mass is 9.87. The fraction of sp³-hybridized carbons (Fsp3) is 0.250. The highest BCUT2D eigenvalue weighted by Gasteiger charge is 2.36. The summed E-state index contributed by atoms with van der Waals surface area (Å²) < 4.78 is 39.6. The van der Waals surface area contributed by atoms with Crippen molar-refractivity contribution in [2.75, 3.05) is 0 Å². The van der Waals surface area contributed by atoms with E-state index in [4.69, 9.17) is 0 Å². The van der Waals surface area contributed by atoms with Gasteiger partial charge in [0.25, 0.3) is 0 Å². The molecule has 1 N–H and O–H groups in total. The summed E-state index contributed by atoms with van der Waals surface area (Å²) in [6.45, 7) is 2.58. The molecular weight excluding hydrogens is 327 g/mol. The number of carboxylic acid groups (broad SMARTS) is 2. The fourth-order valence-electron chi connectivity index (χ4n) is 2.75. The van der Waals surface area contributed by atoms with Gasteiger partial charge in [-0.3, -0.25) is 0 Å². The SMILES string of the molecule is CC1=C(C(=O)[O-])C(C)NC(c2ccccc2C(F)(F)F)=C1C(=O)[O-]. The highest BCUT2D eigenvalue weighted by Crippen LogP contribution is 2.38. The molecule has 1 aliphatic rings. The van der Waals surface area contributed by atoms with E-state index in [0.717, 1.165) is 12.1 Å². The maximum Gasteiger partial charge on any atom is 0.417 e. The third-order valence-corrected chi connectivity index (χ3v) is 3.75. The van der Waals surface area contributed by atoms with E-state index in [2.05, 4.69) is 5.32 Å². The van der Waals surface area contributed by atoms with Crippen LogP contribution in [-0.2, 0) is 15.8 Å². The van der Waals surface area contributed by atoms with Gasteiger partial charge in [-0.25, -0.2) is 0 Å². The quantitative estimate of drug-likeness (QED) is 0.851. The van der Waals surface area contributed by atoms with E-state index in [1.165, 1.54) is 26.0 Å². The third kappa shape index (κ3) is 2.99. The molecule has 24 heavy (non-hydrogen) atoms. The van der Waals surface area contributed by atoms with Crippen molar-refractivity contribution in [3.05, 3.63) is 52.1 Å². The van der Waals surface area contributed by atoms with Gasteiger partial charge < -0.3 is 25.1 Å². The Bertz CT molecular complexity index is 778. The Morgan fingerprint density at radius 1 is 1.12 bits per heavy atom. The van der Waals surface area contributed by atoms with Gasteiger partial charge in [0, 0.05) is 16.7 Å². The predicted molar refractivity (Wildman–Crippen MR) is 73.7 cm³/mol. The molecule has 1 aromatic carbocycles. The Labute approximate surface area is 135 Å². The Hall–Kier alpha value is -2.77. The van der Waals surface area contributed by atoms with Gasteiger partial charge in [-0.05, 0) is 25.5 Å². The van der Waals surface area contributed by atoms with Gasteiger partial charge in [0.15, 0.2) is 0 Å². The normalized spacial score (nSPS) is 18.5. The van der Waals surface area contributed by atoms with Gasteiger partial charge in [-0.1, -0.05) is 18.2 Å². The van der Waals surface area contributed by atoms with E-state index in [1.807, 2.05) is 0 Å². The number of aliphatic carboxylic acids is 2. The van der Waals surface area contributed by atoms with Crippen LogP contribution in [0.15, 0.2) is 41.0 Å². The van der Waals surface area contributed by atoms with Crippen LogP contribution in [0.5, 0.6) is 0 Å². The molecular formula is C16H12F3NO4-2. The number of benzene rings is 1. The predicted octanol–water partition coefficient (Wildman–Crippen LogP) is 0.224. The average molecular weight is 339 g/mol. The van der Waals surface area contributed by atoms with Crippen molar-refractivity contribution in [3.8, 4) is 0 Å². The van der Waals surface area contributed by atoms with E-state index in [9.17, 15) is 33.0 Å². The molecule has 0 amide bonds. The minimum atomic E-state index is -4.71. The third-order valence-electron chi connectivity index (χ3n) is 3.75. The van der Waals surface area contributed by atoms with Crippen molar-refractivity contribution in [3.63, 3.8) is 0 Å². The summed E-state index contributed by atoms with van der Waals surface area (Å²) in [5.74, 6) is -3.38. The first-order valence-corrected chi connectivity index (χ1v) is 6.87. The molecule has 8 heteroatoms. The van der Waals surface area contributed by atoms with Crippen LogP contribution in [0.25, 0.3) is 5.70 Å². The van der Waals surface area contributed by atoms with Crippen molar-refractivity contribution in [2.24, 2.45) is 0 Å². The maximum atomic E-state index is 13.2. The zero-order valence-corrected chi connectivity index (χ0v) is 12.7. The summed E-state index contributed by atoms with van der Waals surface area (Å²) in [7, 11) is 0. The van der Waals surface area contributed by atoms with Crippen LogP contribution in [0.4, 0.5) is 13.2 Å². The second-order valence-electron chi connectivity index (χ2n) is 5.27. The Morgan fingerprint density at radius 3 is 2.21 bits per heavy atom. The first kappa shape index (κ1) is 17.6. The van der Waals surface area contributed by atoms with E-state index < -0.39 is 40.9 Å². The minimum absolute atomic E-state index is 0.201. The van der Waals surface area contributed by atoms with Crippen LogP contribution in [0.3, 0.4) is 0 Å². The highest BCUT2D eigenvalue weighted by molar-refractivity contribution is 6.04. The molecule has 0 spiro atoms. The summed E-state index contributed by atoms with van der Waals surface area (Å²) >= 11 is 0. The summed E-state index contributed by atoms with van der Waals surface area (Å²) in [5, 5.41) is 25.2. The molecule has 0 saturated carbocycles. The number of dihydropyridines is 1. The highest BCUT2D eigenvalue weighted by atomic mass is 19.4. The second-order valence-corrected chi connectivity index (χ2v) is 5.27. The minimum Gasteiger partial charge on any atom is -0.545 e. The van der Waals surface area contributed by atoms with Crippen molar-refractivity contribution in [2.45, 2.75) is 26.1 Å². The lowest BCUT2D eigenvalue weighted by Gasteiger charge is -2.33. The average Bonchev–Trinajstić information content (AvgIpc) is 2.44. The molecule has 1 aromatic rings. The molecule has 1 unspecified atom stereocenters. The molecule has 0 aromatic heterocycles. The molecule has 0 saturated heterocycles. The number of alkyl halides is 3. The molecule has 1 aliphatic heterocycles. The van der Waals surface area contributed by atoms with Crippen molar-refractivity contribution >= 4 is 17.6 Å². The van der Waals surface area contributed by atoms with Crippen molar-refractivity contribution in [1.82, 2.24) is 5.32 Å². The van der Waals surface area contributed by atoms with E-state index in [-0.39, 0.29) is 16.8 Å². The van der Waals surface area contributed by atoms with Gasteiger partial charge in [0.2, 0.25) is 0 Å². The smallest absolute Gasteiger partial charge is 0.417 e. The second kappa shape index (κ2) is 6.03. The number of rotatable bonds is 3. The number of hydrogen-bond acceptors (Lipinski definition) is 5. The van der Waals surface area contributed by atoms with Crippen LogP contribution in [0.2, 0.25) is 0 Å². The number of carbonyl (C=O) groups excluding carboxylic acids is 2. The Balaban J connectivity index is 2.82. The lowest BCUT2D eigenvalue weighted by molar-refractivity contribution is -0.299. The number of carboxylic acids is 2. The zero-order chi connectivity index (χ0) is 18.2. The van der Waals surface area contributed by atoms with Crippen LogP contribution in [0.1, 0.15) is 25.0 Å². The van der Waals surface area contributed by atoms with Gasteiger partial charge in [-0.15, -0.1) is 0 Å². The number of carbonyl (C=O) groups is 2. The molecule has 0 bridgehead atoms. The van der Waals surface area contributed by atoms with Gasteiger partial charge >= 0.3 is 6.18 Å². The fourth-order valence-corrected chi connectivity index (χ4v) is 2.75. The summed E-state index contributed by atoms with van der Waals surface area (Å²) in [6, 6.07) is 3.49. The van der Waals surface area contributed by atoms with Gasteiger partial charge in [0.1, 0.15) is 0 Å². The molecule has 128 valence electrons. The Morgan fingerprint density at radius 2 is 1.71 bits per heavy atom. The number of halogens is 3. The molecule has 0 aliphatic carbocycles. The molecule has 5 nitrogen and oxygen atoms in total. The van der Waals surface area contributed by atoms with E-state index in [0.29, 0.717) is 0 Å². The van der Waals surface area contributed by atoms with E-state index in [1.54, 1.807) is 0 Å². The van der Waals surface area contributed by atoms with Gasteiger partial charge in [-0.2, -0.15) is 13.2 Å².